The van der Waals surface area contributed by atoms with Crippen LogP contribution in [0, 0.1) is 6.92 Å². The van der Waals surface area contributed by atoms with Crippen molar-refractivity contribution in [3.63, 3.8) is 0 Å². The highest BCUT2D eigenvalue weighted by Crippen LogP contribution is 2.34. The molecule has 0 aliphatic carbocycles. The van der Waals surface area contributed by atoms with Crippen molar-refractivity contribution in [1.82, 2.24) is 4.98 Å². The fraction of sp³-hybridized carbons (Fsp3) is 0.308. The summed E-state index contributed by atoms with van der Waals surface area (Å²) in [6, 6.07) is 8.51. The summed E-state index contributed by atoms with van der Waals surface area (Å²) in [4.78, 5) is 5.58. The zero-order valence-electron chi connectivity index (χ0n) is 9.64. The van der Waals surface area contributed by atoms with Crippen LogP contribution in [0.5, 0.6) is 5.75 Å². The first-order valence-electron chi connectivity index (χ1n) is 5.73. The van der Waals surface area contributed by atoms with E-state index in [1.54, 1.807) is 11.3 Å². The Morgan fingerprint density at radius 2 is 2.29 bits per heavy atom. The summed E-state index contributed by atoms with van der Waals surface area (Å²) in [7, 11) is 0. The minimum absolute atomic E-state index is 0.311. The van der Waals surface area contributed by atoms with Crippen LogP contribution in [0.3, 0.4) is 0 Å². The van der Waals surface area contributed by atoms with E-state index in [1.807, 2.05) is 18.3 Å². The molecule has 2 heterocycles. The van der Waals surface area contributed by atoms with Crippen molar-refractivity contribution >= 4 is 16.5 Å². The molecule has 0 bridgehead atoms. The van der Waals surface area contributed by atoms with E-state index < -0.39 is 0 Å². The molecule has 3 rings (SSSR count). The smallest absolute Gasteiger partial charge is 0.183 e. The van der Waals surface area contributed by atoms with Crippen LogP contribution in [0.1, 0.15) is 22.9 Å². The molecule has 88 valence electrons. The van der Waals surface area contributed by atoms with E-state index in [4.69, 9.17) is 4.74 Å². The maximum Gasteiger partial charge on any atom is 0.183 e. The van der Waals surface area contributed by atoms with Crippen LogP contribution >= 0.6 is 11.3 Å². The molecule has 2 aromatic rings. The highest BCUT2D eigenvalue weighted by molar-refractivity contribution is 7.15. The number of thiazole rings is 1. The topological polar surface area (TPSA) is 34.2 Å². The Kier molecular flexibility index (Phi) is 2.73. The van der Waals surface area contributed by atoms with Gasteiger partial charge in [-0.05, 0) is 13.0 Å². The molecule has 17 heavy (non-hydrogen) atoms. The number of ether oxygens (including phenoxy) is 1. The first-order valence-corrected chi connectivity index (χ1v) is 6.55. The summed E-state index contributed by atoms with van der Waals surface area (Å²) in [5.41, 5.74) is 1.23. The summed E-state index contributed by atoms with van der Waals surface area (Å²) < 4.78 is 5.64. The van der Waals surface area contributed by atoms with Crippen molar-refractivity contribution in [3.05, 3.63) is 40.9 Å². The Hall–Kier alpha value is -1.55. The standard InChI is InChI=1S/C13H14N2OS/c1-9-8-14-13(17-9)15-11-6-7-16-12-5-3-2-4-10(11)12/h2-5,8,11H,6-7H2,1H3,(H,14,15). The van der Waals surface area contributed by atoms with Crippen molar-refractivity contribution in [2.24, 2.45) is 0 Å². The second-order valence-electron chi connectivity index (χ2n) is 4.15. The number of hydrogen-bond donors (Lipinski definition) is 1. The van der Waals surface area contributed by atoms with Gasteiger partial charge in [0.25, 0.3) is 0 Å². The average molecular weight is 246 g/mol. The molecule has 1 aromatic heterocycles. The lowest BCUT2D eigenvalue weighted by molar-refractivity contribution is 0.274. The number of aromatic nitrogens is 1. The van der Waals surface area contributed by atoms with Crippen LogP contribution in [0.15, 0.2) is 30.5 Å². The third-order valence-electron chi connectivity index (χ3n) is 2.88. The van der Waals surface area contributed by atoms with Crippen LogP contribution < -0.4 is 10.1 Å². The van der Waals surface area contributed by atoms with E-state index in [0.717, 1.165) is 23.9 Å². The summed E-state index contributed by atoms with van der Waals surface area (Å²) in [5, 5.41) is 4.48. The largest absolute Gasteiger partial charge is 0.493 e. The zero-order valence-corrected chi connectivity index (χ0v) is 10.5. The van der Waals surface area contributed by atoms with Gasteiger partial charge in [-0.3, -0.25) is 0 Å². The Labute approximate surface area is 104 Å². The number of fused-ring (bicyclic) bond motifs is 1. The first kappa shape index (κ1) is 10.6. The van der Waals surface area contributed by atoms with Gasteiger partial charge in [-0.25, -0.2) is 4.98 Å². The van der Waals surface area contributed by atoms with Gasteiger partial charge in [-0.2, -0.15) is 0 Å². The van der Waals surface area contributed by atoms with E-state index in [2.05, 4.69) is 29.4 Å². The number of nitrogens with zero attached hydrogens (tertiary/aromatic N) is 1. The molecule has 1 unspecified atom stereocenters. The highest BCUT2D eigenvalue weighted by atomic mass is 32.1. The van der Waals surface area contributed by atoms with Crippen LogP contribution in [0.2, 0.25) is 0 Å². The Morgan fingerprint density at radius 1 is 1.41 bits per heavy atom. The second-order valence-corrected chi connectivity index (χ2v) is 5.38. The number of benzene rings is 1. The summed E-state index contributed by atoms with van der Waals surface area (Å²) >= 11 is 1.69. The molecule has 4 heteroatoms. The van der Waals surface area contributed by atoms with Crippen LogP contribution in [-0.4, -0.2) is 11.6 Å². The SMILES string of the molecule is Cc1cnc(NC2CCOc3ccccc32)s1. The molecular formula is C13H14N2OS. The van der Waals surface area contributed by atoms with E-state index in [0.29, 0.717) is 6.04 Å². The van der Waals surface area contributed by atoms with Crippen molar-refractivity contribution in [2.45, 2.75) is 19.4 Å². The quantitative estimate of drug-likeness (QED) is 0.882. The molecule has 0 amide bonds. The number of para-hydroxylation sites is 1. The molecule has 0 fully saturated rings. The molecule has 1 atom stereocenters. The predicted octanol–water partition coefficient (Wildman–Crippen LogP) is 3.39. The van der Waals surface area contributed by atoms with Gasteiger partial charge < -0.3 is 10.1 Å². The monoisotopic (exact) mass is 246 g/mol. The average Bonchev–Trinajstić information content (AvgIpc) is 2.75. The predicted molar refractivity (Wildman–Crippen MR) is 69.8 cm³/mol. The Bertz CT molecular complexity index is 524. The third kappa shape index (κ3) is 2.13. The molecule has 0 radical (unpaired) electrons. The van der Waals surface area contributed by atoms with E-state index in [9.17, 15) is 0 Å². The Morgan fingerprint density at radius 3 is 3.12 bits per heavy atom. The molecule has 3 nitrogen and oxygen atoms in total. The molecule has 0 saturated heterocycles. The molecule has 0 saturated carbocycles. The molecular weight excluding hydrogens is 232 g/mol. The lowest BCUT2D eigenvalue weighted by Crippen LogP contribution is -2.20. The molecule has 1 aliphatic rings. The van der Waals surface area contributed by atoms with Gasteiger partial charge in [0.1, 0.15) is 5.75 Å². The van der Waals surface area contributed by atoms with Crippen molar-refractivity contribution in [1.29, 1.82) is 0 Å². The van der Waals surface area contributed by atoms with Crippen molar-refractivity contribution in [2.75, 3.05) is 11.9 Å². The fourth-order valence-corrected chi connectivity index (χ4v) is 2.78. The molecule has 1 aromatic carbocycles. The van der Waals surface area contributed by atoms with Crippen LogP contribution in [-0.2, 0) is 0 Å². The van der Waals surface area contributed by atoms with Gasteiger partial charge in [0.15, 0.2) is 5.13 Å². The van der Waals surface area contributed by atoms with Crippen LogP contribution in [0.25, 0.3) is 0 Å². The molecule has 1 N–H and O–H groups in total. The van der Waals surface area contributed by atoms with Crippen molar-refractivity contribution in [3.8, 4) is 5.75 Å². The minimum Gasteiger partial charge on any atom is -0.493 e. The minimum atomic E-state index is 0.311. The van der Waals surface area contributed by atoms with Gasteiger partial charge in [0, 0.05) is 23.1 Å². The number of nitrogens with one attached hydrogen (secondary N) is 1. The van der Waals surface area contributed by atoms with Crippen LogP contribution in [0.4, 0.5) is 5.13 Å². The molecule has 0 spiro atoms. The normalized spacial score (nSPS) is 18.3. The number of aryl methyl sites for hydroxylation is 1. The van der Waals surface area contributed by atoms with Gasteiger partial charge in [0.05, 0.1) is 12.6 Å². The maximum absolute atomic E-state index is 5.64. The second kappa shape index (κ2) is 4.37. The van der Waals surface area contributed by atoms with E-state index >= 15 is 0 Å². The van der Waals surface area contributed by atoms with E-state index in [-0.39, 0.29) is 0 Å². The van der Waals surface area contributed by atoms with Gasteiger partial charge in [0.2, 0.25) is 0 Å². The molecule has 1 aliphatic heterocycles. The summed E-state index contributed by atoms with van der Waals surface area (Å²) in [5.74, 6) is 0.990. The number of anilines is 1. The zero-order chi connectivity index (χ0) is 11.7. The maximum atomic E-state index is 5.64. The Balaban J connectivity index is 1.85. The third-order valence-corrected chi connectivity index (χ3v) is 3.72. The number of rotatable bonds is 2. The summed E-state index contributed by atoms with van der Waals surface area (Å²) in [6.07, 6.45) is 2.88. The summed E-state index contributed by atoms with van der Waals surface area (Å²) in [6.45, 7) is 2.83. The van der Waals surface area contributed by atoms with Gasteiger partial charge in [-0.1, -0.05) is 18.2 Å². The lowest BCUT2D eigenvalue weighted by Gasteiger charge is -2.26. The number of hydrogen-bond acceptors (Lipinski definition) is 4. The fourth-order valence-electron chi connectivity index (χ4n) is 2.06. The first-order chi connectivity index (χ1) is 8.33. The van der Waals surface area contributed by atoms with Crippen molar-refractivity contribution < 1.29 is 4.74 Å². The van der Waals surface area contributed by atoms with E-state index in [1.165, 1.54) is 10.4 Å². The highest BCUT2D eigenvalue weighted by Gasteiger charge is 2.21. The van der Waals surface area contributed by atoms with Gasteiger partial charge >= 0.3 is 0 Å². The lowest BCUT2D eigenvalue weighted by atomic mass is 10.0. The van der Waals surface area contributed by atoms with Gasteiger partial charge in [-0.15, -0.1) is 11.3 Å².